The van der Waals surface area contributed by atoms with Crippen LogP contribution in [0.3, 0.4) is 0 Å². The van der Waals surface area contributed by atoms with Crippen molar-refractivity contribution >= 4 is 29.0 Å². The van der Waals surface area contributed by atoms with Crippen molar-refractivity contribution in [2.45, 2.75) is 18.1 Å². The van der Waals surface area contributed by atoms with E-state index in [2.05, 4.69) is 15.3 Å². The SMILES string of the molecule is C[C@H](NC(=O)CSc1ncc(-c2ccc(F)cc2)[nH]1)c1cccs1. The Hall–Kier alpha value is -2.12. The van der Waals surface area contributed by atoms with Crippen molar-refractivity contribution in [2.75, 3.05) is 5.75 Å². The molecule has 0 aliphatic heterocycles. The van der Waals surface area contributed by atoms with Crippen LogP contribution in [0, 0.1) is 5.82 Å². The second-order valence-corrected chi connectivity index (χ2v) is 7.15. The van der Waals surface area contributed by atoms with E-state index in [0.717, 1.165) is 16.1 Å². The maximum Gasteiger partial charge on any atom is 0.230 e. The molecule has 3 aromatic rings. The van der Waals surface area contributed by atoms with Crippen LogP contribution in [0.1, 0.15) is 17.8 Å². The fourth-order valence-corrected chi connectivity index (χ4v) is 3.57. The number of hydrogen-bond donors (Lipinski definition) is 2. The lowest BCUT2D eigenvalue weighted by Gasteiger charge is -2.11. The molecule has 0 radical (unpaired) electrons. The first kappa shape index (κ1) is 16.7. The standard InChI is InChI=1S/C17H16FN3OS2/c1-11(15-3-2-8-23-15)20-16(22)10-24-17-19-9-14(21-17)12-4-6-13(18)7-5-12/h2-9,11H,10H2,1H3,(H,19,21)(H,20,22)/t11-/m0/s1. The van der Waals surface area contributed by atoms with Crippen LogP contribution in [0.15, 0.2) is 53.1 Å². The highest BCUT2D eigenvalue weighted by atomic mass is 32.2. The van der Waals surface area contributed by atoms with E-state index in [4.69, 9.17) is 0 Å². The monoisotopic (exact) mass is 361 g/mol. The van der Waals surface area contributed by atoms with Gasteiger partial charge in [0.05, 0.1) is 23.7 Å². The van der Waals surface area contributed by atoms with Crippen molar-refractivity contribution < 1.29 is 9.18 Å². The fraction of sp³-hybridized carbons (Fsp3) is 0.176. The predicted octanol–water partition coefficient (Wildman–Crippen LogP) is 4.25. The number of nitrogens with one attached hydrogen (secondary N) is 2. The molecule has 1 atom stereocenters. The molecular weight excluding hydrogens is 345 g/mol. The zero-order valence-electron chi connectivity index (χ0n) is 13.0. The summed E-state index contributed by atoms with van der Waals surface area (Å²) in [6.45, 7) is 1.97. The first-order valence-corrected chi connectivity index (χ1v) is 9.25. The second kappa shape index (κ2) is 7.63. The summed E-state index contributed by atoms with van der Waals surface area (Å²) in [5.41, 5.74) is 1.65. The molecule has 2 aromatic heterocycles. The number of halogens is 1. The molecule has 0 spiro atoms. The Morgan fingerprint density at radius 2 is 2.17 bits per heavy atom. The first-order valence-electron chi connectivity index (χ1n) is 7.38. The van der Waals surface area contributed by atoms with Crippen molar-refractivity contribution in [2.24, 2.45) is 0 Å². The topological polar surface area (TPSA) is 57.8 Å². The minimum absolute atomic E-state index is 0.00415. The Morgan fingerprint density at radius 1 is 1.38 bits per heavy atom. The molecule has 1 amide bonds. The van der Waals surface area contributed by atoms with Gasteiger partial charge in [-0.15, -0.1) is 11.3 Å². The number of amides is 1. The predicted molar refractivity (Wildman–Crippen MR) is 95.6 cm³/mol. The van der Waals surface area contributed by atoms with Gasteiger partial charge >= 0.3 is 0 Å². The van der Waals surface area contributed by atoms with Gasteiger partial charge in [0.15, 0.2) is 5.16 Å². The highest BCUT2D eigenvalue weighted by Gasteiger charge is 2.12. The number of rotatable bonds is 6. The van der Waals surface area contributed by atoms with Gasteiger partial charge in [-0.2, -0.15) is 0 Å². The summed E-state index contributed by atoms with van der Waals surface area (Å²) in [6.07, 6.45) is 1.68. The maximum absolute atomic E-state index is 12.9. The lowest BCUT2D eigenvalue weighted by Crippen LogP contribution is -2.27. The zero-order chi connectivity index (χ0) is 16.9. The lowest BCUT2D eigenvalue weighted by molar-refractivity contribution is -0.119. The van der Waals surface area contributed by atoms with Crippen LogP contribution in [-0.4, -0.2) is 21.6 Å². The summed E-state index contributed by atoms with van der Waals surface area (Å²) in [5.74, 6) is -0.0310. The number of benzene rings is 1. The van der Waals surface area contributed by atoms with Crippen LogP contribution in [0.4, 0.5) is 4.39 Å². The van der Waals surface area contributed by atoms with Crippen molar-refractivity contribution in [1.29, 1.82) is 0 Å². The van der Waals surface area contributed by atoms with Gasteiger partial charge in [0.2, 0.25) is 5.91 Å². The maximum atomic E-state index is 12.9. The number of aromatic amines is 1. The molecule has 0 fully saturated rings. The van der Waals surface area contributed by atoms with Crippen molar-refractivity contribution in [3.8, 4) is 11.3 Å². The Kier molecular flexibility index (Phi) is 5.32. The first-order chi connectivity index (χ1) is 11.6. The van der Waals surface area contributed by atoms with Crippen LogP contribution in [0.25, 0.3) is 11.3 Å². The van der Waals surface area contributed by atoms with Crippen LogP contribution in [0.5, 0.6) is 0 Å². The number of thioether (sulfide) groups is 1. The Morgan fingerprint density at radius 3 is 2.88 bits per heavy atom. The molecule has 0 aliphatic rings. The molecule has 7 heteroatoms. The summed E-state index contributed by atoms with van der Waals surface area (Å²) in [6, 6.07) is 10.2. The highest BCUT2D eigenvalue weighted by molar-refractivity contribution is 7.99. The average molecular weight is 361 g/mol. The molecule has 0 saturated heterocycles. The molecule has 0 unspecified atom stereocenters. The number of thiophene rings is 1. The Bertz CT molecular complexity index is 800. The van der Waals surface area contributed by atoms with Crippen LogP contribution < -0.4 is 5.32 Å². The minimum atomic E-state index is -0.274. The molecule has 2 N–H and O–H groups in total. The van der Waals surface area contributed by atoms with E-state index >= 15 is 0 Å². The number of carbonyl (C=O) groups excluding carboxylic acids is 1. The van der Waals surface area contributed by atoms with Crippen LogP contribution in [-0.2, 0) is 4.79 Å². The molecule has 124 valence electrons. The molecule has 0 bridgehead atoms. The molecule has 1 aromatic carbocycles. The third-order valence-corrected chi connectivity index (χ3v) is 5.34. The average Bonchev–Trinajstić information content (AvgIpc) is 3.25. The number of aromatic nitrogens is 2. The Labute approximate surface area is 147 Å². The van der Waals surface area contributed by atoms with Crippen molar-refractivity contribution in [1.82, 2.24) is 15.3 Å². The minimum Gasteiger partial charge on any atom is -0.348 e. The normalized spacial score (nSPS) is 12.1. The van der Waals surface area contributed by atoms with E-state index in [1.165, 1.54) is 23.9 Å². The molecule has 4 nitrogen and oxygen atoms in total. The zero-order valence-corrected chi connectivity index (χ0v) is 14.6. The van der Waals surface area contributed by atoms with E-state index in [-0.39, 0.29) is 23.5 Å². The highest BCUT2D eigenvalue weighted by Crippen LogP contribution is 2.22. The van der Waals surface area contributed by atoms with Crippen LogP contribution in [0.2, 0.25) is 0 Å². The van der Waals surface area contributed by atoms with Crippen LogP contribution >= 0.6 is 23.1 Å². The second-order valence-electron chi connectivity index (χ2n) is 5.20. The lowest BCUT2D eigenvalue weighted by atomic mass is 10.2. The number of nitrogens with zero attached hydrogens (tertiary/aromatic N) is 1. The van der Waals surface area contributed by atoms with E-state index in [9.17, 15) is 9.18 Å². The molecular formula is C17H16FN3OS2. The van der Waals surface area contributed by atoms with Gasteiger partial charge in [-0.05, 0) is 48.2 Å². The Balaban J connectivity index is 1.53. The fourth-order valence-electron chi connectivity index (χ4n) is 2.18. The van der Waals surface area contributed by atoms with Crippen molar-refractivity contribution in [3.05, 3.63) is 58.7 Å². The van der Waals surface area contributed by atoms with Gasteiger partial charge in [-0.3, -0.25) is 4.79 Å². The van der Waals surface area contributed by atoms with E-state index in [1.807, 2.05) is 24.4 Å². The third-order valence-electron chi connectivity index (χ3n) is 3.40. The number of imidazole rings is 1. The smallest absolute Gasteiger partial charge is 0.230 e. The summed E-state index contributed by atoms with van der Waals surface area (Å²) >= 11 is 2.96. The summed E-state index contributed by atoms with van der Waals surface area (Å²) < 4.78 is 12.9. The molecule has 24 heavy (non-hydrogen) atoms. The van der Waals surface area contributed by atoms with Gasteiger partial charge in [-0.1, -0.05) is 17.8 Å². The number of hydrogen-bond acceptors (Lipinski definition) is 4. The largest absolute Gasteiger partial charge is 0.348 e. The number of carbonyl (C=O) groups is 1. The molecule has 3 rings (SSSR count). The van der Waals surface area contributed by atoms with Gasteiger partial charge in [-0.25, -0.2) is 9.37 Å². The quantitative estimate of drug-likeness (QED) is 0.646. The van der Waals surface area contributed by atoms with Crippen molar-refractivity contribution in [3.63, 3.8) is 0 Å². The van der Waals surface area contributed by atoms with E-state index < -0.39 is 0 Å². The molecule has 0 saturated carbocycles. The van der Waals surface area contributed by atoms with E-state index in [0.29, 0.717) is 5.16 Å². The summed E-state index contributed by atoms with van der Waals surface area (Å²) in [4.78, 5) is 20.5. The summed E-state index contributed by atoms with van der Waals surface area (Å²) in [5, 5.41) is 5.62. The molecule has 0 aliphatic carbocycles. The molecule has 2 heterocycles. The van der Waals surface area contributed by atoms with Gasteiger partial charge in [0, 0.05) is 4.88 Å². The summed E-state index contributed by atoms with van der Waals surface area (Å²) in [7, 11) is 0. The van der Waals surface area contributed by atoms with Gasteiger partial charge in [0.1, 0.15) is 5.82 Å². The van der Waals surface area contributed by atoms with Gasteiger partial charge < -0.3 is 10.3 Å². The number of H-pyrrole nitrogens is 1. The van der Waals surface area contributed by atoms with Gasteiger partial charge in [0.25, 0.3) is 0 Å². The van der Waals surface area contributed by atoms with E-state index in [1.54, 1.807) is 29.7 Å². The third kappa shape index (κ3) is 4.24.